The molecular weight excluding hydrogens is 430 g/mol. The number of rotatable bonds is 8. The molecule has 2 aliphatic rings. The van der Waals surface area contributed by atoms with Gasteiger partial charge in [-0.2, -0.15) is 0 Å². The van der Waals surface area contributed by atoms with Gasteiger partial charge >= 0.3 is 12.0 Å². The molecular formula is C22H29N5O4S. The second-order valence-electron chi connectivity index (χ2n) is 7.91. The van der Waals surface area contributed by atoms with Crippen molar-refractivity contribution in [1.82, 2.24) is 25.4 Å². The number of hydrogen-bond acceptors (Lipinski definition) is 7. The molecule has 2 aromatic heterocycles. The fourth-order valence-electron chi connectivity index (χ4n) is 4.33. The van der Waals surface area contributed by atoms with Crippen LogP contribution in [0.1, 0.15) is 58.4 Å². The Balaban J connectivity index is 1.64. The topological polar surface area (TPSA) is 111 Å². The lowest BCUT2D eigenvalue weighted by atomic mass is 9.95. The van der Waals surface area contributed by atoms with Gasteiger partial charge in [-0.25, -0.2) is 9.59 Å². The lowest BCUT2D eigenvalue weighted by Crippen LogP contribution is -2.50. The van der Waals surface area contributed by atoms with Crippen LogP contribution >= 0.6 is 11.8 Å². The van der Waals surface area contributed by atoms with Gasteiger partial charge in [0.25, 0.3) is 0 Å². The molecule has 0 saturated heterocycles. The first-order chi connectivity index (χ1) is 15.6. The zero-order valence-electron chi connectivity index (χ0n) is 18.4. The molecule has 3 heterocycles. The molecule has 32 heavy (non-hydrogen) atoms. The van der Waals surface area contributed by atoms with Gasteiger partial charge in [0.2, 0.25) is 5.82 Å². The lowest BCUT2D eigenvalue weighted by Gasteiger charge is -2.28. The first-order valence-corrected chi connectivity index (χ1v) is 12.2. The highest BCUT2D eigenvalue weighted by Crippen LogP contribution is 2.36. The molecule has 1 fully saturated rings. The zero-order valence-corrected chi connectivity index (χ0v) is 19.2. The van der Waals surface area contributed by atoms with E-state index in [-0.39, 0.29) is 18.7 Å². The van der Waals surface area contributed by atoms with E-state index in [2.05, 4.69) is 25.4 Å². The maximum Gasteiger partial charge on any atom is 0.337 e. The molecule has 2 amide bonds. The van der Waals surface area contributed by atoms with Crippen LogP contribution in [0.25, 0.3) is 11.6 Å². The zero-order chi connectivity index (χ0) is 22.5. The maximum atomic E-state index is 12.6. The quantitative estimate of drug-likeness (QED) is 0.452. The van der Waals surface area contributed by atoms with Gasteiger partial charge in [0.15, 0.2) is 10.9 Å². The van der Waals surface area contributed by atoms with E-state index in [4.69, 9.17) is 9.15 Å². The summed E-state index contributed by atoms with van der Waals surface area (Å²) in [7, 11) is 0. The fraction of sp³-hybridized carbons (Fsp3) is 0.545. The third-order valence-corrected chi connectivity index (χ3v) is 6.81. The predicted molar refractivity (Wildman–Crippen MR) is 120 cm³/mol. The van der Waals surface area contributed by atoms with Gasteiger partial charge in [0.05, 0.1) is 24.5 Å². The average molecular weight is 460 g/mol. The number of ether oxygens (including phenoxy) is 1. The van der Waals surface area contributed by atoms with E-state index in [0.717, 1.165) is 18.0 Å². The van der Waals surface area contributed by atoms with Gasteiger partial charge in [-0.05, 0) is 38.3 Å². The van der Waals surface area contributed by atoms with Gasteiger partial charge in [-0.1, -0.05) is 37.9 Å². The summed E-state index contributed by atoms with van der Waals surface area (Å²) in [6, 6.07) is 3.33. The highest BCUT2D eigenvalue weighted by molar-refractivity contribution is 7.99. The number of nitrogens with one attached hydrogen (secondary N) is 2. The predicted octanol–water partition coefficient (Wildman–Crippen LogP) is 4.04. The number of urea groups is 1. The number of hydrogen-bond donors (Lipinski definition) is 2. The molecule has 0 bridgehead atoms. The second kappa shape index (κ2) is 10.2. The number of thioether (sulfide) groups is 1. The Morgan fingerprint density at radius 1 is 1.28 bits per heavy atom. The molecule has 9 nitrogen and oxygen atoms in total. The van der Waals surface area contributed by atoms with Crippen LogP contribution < -0.4 is 10.6 Å². The minimum absolute atomic E-state index is 0.273. The van der Waals surface area contributed by atoms with Crippen LogP contribution in [0.4, 0.5) is 4.79 Å². The Bertz CT molecular complexity index is 979. The summed E-state index contributed by atoms with van der Waals surface area (Å²) in [4.78, 5) is 24.8. The molecule has 1 atom stereocenters. The monoisotopic (exact) mass is 459 g/mol. The molecule has 0 aromatic carbocycles. The number of esters is 1. The maximum absolute atomic E-state index is 12.6. The van der Waals surface area contributed by atoms with E-state index < -0.39 is 5.97 Å². The third kappa shape index (κ3) is 4.69. The largest absolute Gasteiger partial charge is 0.463 e. The van der Waals surface area contributed by atoms with Crippen molar-refractivity contribution in [2.75, 3.05) is 12.4 Å². The van der Waals surface area contributed by atoms with Crippen LogP contribution in [0.2, 0.25) is 0 Å². The Morgan fingerprint density at radius 2 is 2.09 bits per heavy atom. The first kappa shape index (κ1) is 22.4. The number of carbonyl (C=O) groups excluding carboxylic acids is 2. The van der Waals surface area contributed by atoms with Gasteiger partial charge in [-0.15, -0.1) is 10.2 Å². The van der Waals surface area contributed by atoms with Crippen molar-refractivity contribution in [2.24, 2.45) is 0 Å². The Labute approximate surface area is 191 Å². The Kier molecular flexibility index (Phi) is 7.19. The SMILES string of the molecule is CCOC(=O)C1=C(CSc2nnc(-c3ccco3)n2C2CCCCC2)NC(=O)NC1CC. The molecule has 2 N–H and O–H groups in total. The number of carbonyl (C=O) groups is 2. The standard InChI is InChI=1S/C22H29N5O4S/c1-3-15-18(20(28)30-4-2)16(24-21(29)23-15)13-32-22-26-25-19(17-11-8-12-31-17)27(22)14-9-6-5-7-10-14/h8,11-12,14-15H,3-7,9-10,13H2,1-2H3,(H2,23,24,29). The summed E-state index contributed by atoms with van der Waals surface area (Å²) >= 11 is 1.46. The Hall–Kier alpha value is -2.75. The lowest BCUT2D eigenvalue weighted by molar-refractivity contribution is -0.139. The van der Waals surface area contributed by atoms with Crippen LogP contribution in [0, 0.1) is 0 Å². The van der Waals surface area contributed by atoms with Crippen LogP contribution in [0.3, 0.4) is 0 Å². The van der Waals surface area contributed by atoms with Crippen LogP contribution in [-0.4, -0.2) is 45.2 Å². The van der Waals surface area contributed by atoms with E-state index in [1.54, 1.807) is 13.2 Å². The highest BCUT2D eigenvalue weighted by Gasteiger charge is 2.32. The van der Waals surface area contributed by atoms with Crippen molar-refractivity contribution in [2.45, 2.75) is 69.6 Å². The number of nitrogens with zero attached hydrogens (tertiary/aromatic N) is 3. The molecule has 2 aromatic rings. The molecule has 0 radical (unpaired) electrons. The van der Waals surface area contributed by atoms with Crippen molar-refractivity contribution < 1.29 is 18.7 Å². The van der Waals surface area contributed by atoms with E-state index in [1.807, 2.05) is 19.1 Å². The van der Waals surface area contributed by atoms with Crippen molar-refractivity contribution in [3.8, 4) is 11.6 Å². The van der Waals surface area contributed by atoms with Gasteiger partial charge < -0.3 is 19.8 Å². The summed E-state index contributed by atoms with van der Waals surface area (Å²) in [5, 5.41) is 15.2. The summed E-state index contributed by atoms with van der Waals surface area (Å²) in [5.41, 5.74) is 1.03. The minimum Gasteiger partial charge on any atom is -0.463 e. The van der Waals surface area contributed by atoms with E-state index in [1.165, 1.54) is 31.0 Å². The highest BCUT2D eigenvalue weighted by atomic mass is 32.2. The van der Waals surface area contributed by atoms with Crippen LogP contribution in [0.15, 0.2) is 39.2 Å². The fourth-order valence-corrected chi connectivity index (χ4v) is 5.30. The normalized spacial score (nSPS) is 19.6. The summed E-state index contributed by atoms with van der Waals surface area (Å²) in [6.45, 7) is 3.97. The summed E-state index contributed by atoms with van der Waals surface area (Å²) in [6.07, 6.45) is 7.93. The molecule has 4 rings (SSSR count). The molecule has 1 aliphatic heterocycles. The molecule has 10 heteroatoms. The van der Waals surface area contributed by atoms with E-state index >= 15 is 0 Å². The summed E-state index contributed by atoms with van der Waals surface area (Å²) in [5.74, 6) is 1.36. The number of aromatic nitrogens is 3. The van der Waals surface area contributed by atoms with Gasteiger partial charge in [0.1, 0.15) is 0 Å². The van der Waals surface area contributed by atoms with E-state index in [0.29, 0.717) is 41.1 Å². The van der Waals surface area contributed by atoms with E-state index in [9.17, 15) is 9.59 Å². The molecule has 0 spiro atoms. The van der Waals surface area contributed by atoms with Gasteiger partial charge in [0, 0.05) is 17.5 Å². The van der Waals surface area contributed by atoms with Crippen molar-refractivity contribution >= 4 is 23.8 Å². The smallest absolute Gasteiger partial charge is 0.337 e. The van der Waals surface area contributed by atoms with Crippen LogP contribution in [0.5, 0.6) is 0 Å². The average Bonchev–Trinajstić information content (AvgIpc) is 3.47. The number of furan rings is 1. The van der Waals surface area contributed by atoms with Crippen molar-refractivity contribution in [1.29, 1.82) is 0 Å². The van der Waals surface area contributed by atoms with Gasteiger partial charge in [-0.3, -0.25) is 4.57 Å². The molecule has 1 unspecified atom stereocenters. The second-order valence-corrected chi connectivity index (χ2v) is 8.85. The van der Waals surface area contributed by atoms with Crippen LogP contribution in [-0.2, 0) is 9.53 Å². The number of amides is 2. The Morgan fingerprint density at radius 3 is 2.78 bits per heavy atom. The molecule has 172 valence electrons. The van der Waals surface area contributed by atoms with Crippen molar-refractivity contribution in [3.05, 3.63) is 29.7 Å². The molecule has 1 saturated carbocycles. The molecule has 1 aliphatic carbocycles. The third-order valence-electron chi connectivity index (χ3n) is 5.84. The first-order valence-electron chi connectivity index (χ1n) is 11.2. The minimum atomic E-state index is -0.410. The summed E-state index contributed by atoms with van der Waals surface area (Å²) < 4.78 is 13.0. The van der Waals surface area contributed by atoms with Crippen molar-refractivity contribution in [3.63, 3.8) is 0 Å².